The fourth-order valence-corrected chi connectivity index (χ4v) is 6.45. The van der Waals surface area contributed by atoms with Crippen molar-refractivity contribution in [2.45, 2.75) is 251 Å². The van der Waals surface area contributed by atoms with E-state index in [9.17, 15) is 9.59 Å². The zero-order chi connectivity index (χ0) is 34.9. The second-order valence-corrected chi connectivity index (χ2v) is 15.0. The van der Waals surface area contributed by atoms with Gasteiger partial charge in [0, 0.05) is 11.7 Å². The average Bonchev–Trinajstić information content (AvgIpc) is 3.06. The van der Waals surface area contributed by atoms with Crippen LogP contribution in [0.25, 0.3) is 0 Å². The normalized spacial score (nSPS) is 11.7. The minimum absolute atomic E-state index is 0.0487. The second kappa shape index (κ2) is 43.3. The van der Waals surface area contributed by atoms with Crippen LogP contribution in [0.4, 0.5) is 0 Å². The average molecular weight is 685 g/mol. The molecule has 0 saturated carbocycles. The number of hydrogen-bond donors (Lipinski definition) is 2. The zero-order valence-corrected chi connectivity index (χ0v) is 33.0. The molecule has 0 fully saturated rings. The predicted octanol–water partition coefficient (Wildman–Crippen LogP) is 14.6. The Kier molecular flexibility index (Phi) is 44.6. The van der Waals surface area contributed by atoms with E-state index in [-0.39, 0.29) is 17.6 Å². The molecule has 0 saturated heterocycles. The first-order valence-corrected chi connectivity index (χ1v) is 21.5. The summed E-state index contributed by atoms with van der Waals surface area (Å²) in [5.41, 5.74) is 0. The Hall–Kier alpha value is -0.710. The van der Waals surface area contributed by atoms with Gasteiger partial charge in [0.1, 0.15) is 0 Å². The van der Waals surface area contributed by atoms with Crippen molar-refractivity contribution in [1.82, 2.24) is 0 Å². The van der Waals surface area contributed by atoms with Crippen LogP contribution in [-0.4, -0.2) is 28.9 Å². The number of carboxylic acids is 1. The Bertz CT molecular complexity index is 611. The number of ether oxygens (including phenoxy) is 1. The molecule has 0 spiro atoms. The highest BCUT2D eigenvalue weighted by Crippen LogP contribution is 2.17. The van der Waals surface area contributed by atoms with E-state index in [0.29, 0.717) is 13.0 Å². The van der Waals surface area contributed by atoms with Crippen LogP contribution >= 0.6 is 12.6 Å². The van der Waals surface area contributed by atoms with Crippen LogP contribution in [0.15, 0.2) is 0 Å². The van der Waals surface area contributed by atoms with Gasteiger partial charge in [-0.15, -0.1) is 0 Å². The topological polar surface area (TPSA) is 63.6 Å². The highest BCUT2D eigenvalue weighted by atomic mass is 32.1. The maximum atomic E-state index is 12.1. The minimum atomic E-state index is -0.745. The van der Waals surface area contributed by atoms with Crippen molar-refractivity contribution in [3.8, 4) is 0 Å². The number of hydrogen-bond acceptors (Lipinski definition) is 4. The van der Waals surface area contributed by atoms with E-state index in [0.717, 1.165) is 12.8 Å². The van der Waals surface area contributed by atoms with Gasteiger partial charge in [0.15, 0.2) is 0 Å². The first-order valence-electron chi connectivity index (χ1n) is 21.0. The monoisotopic (exact) mass is 685 g/mol. The zero-order valence-electron chi connectivity index (χ0n) is 32.2. The SMILES string of the molecule is CCC(=O)O.CCCCCCCCCCCCCCCCCCOC(=O)CC(S)CCCCCCCCCCCCCCCCCC. The number of carboxylic acid groups (broad SMARTS) is 1. The maximum absolute atomic E-state index is 12.1. The Morgan fingerprint density at radius 2 is 0.723 bits per heavy atom. The van der Waals surface area contributed by atoms with Crippen LogP contribution in [-0.2, 0) is 14.3 Å². The standard InChI is InChI=1S/C39H78O2S.C3H6O2/c1-3-5-7-9-11-13-15-17-19-21-23-25-27-29-31-33-35-38(42)37-39(40)41-36-34-32-30-28-26-24-22-20-18-16-14-12-10-8-6-4-2;1-2-3(4)5/h38,42H,3-37H2,1-2H3;2H2,1H3,(H,4,5). The van der Waals surface area contributed by atoms with E-state index >= 15 is 0 Å². The van der Waals surface area contributed by atoms with Crippen molar-refractivity contribution >= 4 is 24.6 Å². The molecule has 0 bridgehead atoms. The molecule has 0 rings (SSSR count). The van der Waals surface area contributed by atoms with E-state index in [1.165, 1.54) is 199 Å². The largest absolute Gasteiger partial charge is 0.481 e. The van der Waals surface area contributed by atoms with Gasteiger partial charge in [-0.25, -0.2) is 0 Å². The van der Waals surface area contributed by atoms with Crippen molar-refractivity contribution in [2.75, 3.05) is 6.61 Å². The number of rotatable bonds is 37. The number of unbranched alkanes of at least 4 members (excludes halogenated alkanes) is 30. The predicted molar refractivity (Wildman–Crippen MR) is 210 cm³/mol. The summed E-state index contributed by atoms with van der Waals surface area (Å²) in [7, 11) is 0. The molecule has 0 radical (unpaired) electrons. The molecule has 0 aliphatic rings. The Morgan fingerprint density at radius 1 is 0.468 bits per heavy atom. The summed E-state index contributed by atoms with van der Waals surface area (Å²) in [6.45, 7) is 6.78. The molecular weight excluding hydrogens is 601 g/mol. The number of carbonyl (C=O) groups excluding carboxylic acids is 1. The van der Waals surface area contributed by atoms with Gasteiger partial charge in [-0.3, -0.25) is 9.59 Å². The molecule has 5 heteroatoms. The highest BCUT2D eigenvalue weighted by molar-refractivity contribution is 7.81. The van der Waals surface area contributed by atoms with Gasteiger partial charge >= 0.3 is 11.9 Å². The van der Waals surface area contributed by atoms with Gasteiger partial charge < -0.3 is 9.84 Å². The van der Waals surface area contributed by atoms with Gasteiger partial charge in [-0.1, -0.05) is 220 Å². The number of esters is 1. The molecule has 0 aliphatic carbocycles. The molecule has 4 nitrogen and oxygen atoms in total. The highest BCUT2D eigenvalue weighted by Gasteiger charge is 2.11. The fraction of sp³-hybridized carbons (Fsp3) is 0.952. The molecule has 47 heavy (non-hydrogen) atoms. The second-order valence-electron chi connectivity index (χ2n) is 14.2. The van der Waals surface area contributed by atoms with Crippen molar-refractivity contribution in [3.05, 3.63) is 0 Å². The van der Waals surface area contributed by atoms with Crippen molar-refractivity contribution in [1.29, 1.82) is 0 Å². The summed E-state index contributed by atoms with van der Waals surface area (Å²) in [5, 5.41) is 7.88. The lowest BCUT2D eigenvalue weighted by molar-refractivity contribution is -0.143. The molecule has 1 N–H and O–H groups in total. The summed E-state index contributed by atoms with van der Waals surface area (Å²) in [5.74, 6) is -0.794. The quantitative estimate of drug-likeness (QED) is 0.0388. The lowest BCUT2D eigenvalue weighted by Crippen LogP contribution is -2.12. The third-order valence-electron chi connectivity index (χ3n) is 9.36. The van der Waals surface area contributed by atoms with Gasteiger partial charge in [-0.05, 0) is 12.8 Å². The molecule has 0 aromatic heterocycles. The first-order chi connectivity index (χ1) is 23.0. The van der Waals surface area contributed by atoms with Gasteiger partial charge in [0.25, 0.3) is 0 Å². The van der Waals surface area contributed by atoms with Crippen molar-refractivity contribution < 1.29 is 19.4 Å². The van der Waals surface area contributed by atoms with Crippen LogP contribution in [0, 0.1) is 0 Å². The van der Waals surface area contributed by atoms with Gasteiger partial charge in [0.05, 0.1) is 13.0 Å². The van der Waals surface area contributed by atoms with E-state index in [1.807, 2.05) is 0 Å². The number of carbonyl (C=O) groups is 2. The van der Waals surface area contributed by atoms with Crippen LogP contribution < -0.4 is 0 Å². The Labute approximate surface area is 300 Å². The van der Waals surface area contributed by atoms with E-state index in [2.05, 4.69) is 26.5 Å². The summed E-state index contributed by atoms with van der Waals surface area (Å²) >= 11 is 4.65. The molecule has 1 unspecified atom stereocenters. The lowest BCUT2D eigenvalue weighted by atomic mass is 10.0. The molecule has 0 amide bonds. The molecule has 0 aromatic carbocycles. The summed E-state index contributed by atoms with van der Waals surface area (Å²) in [6.07, 6.45) is 45.9. The summed E-state index contributed by atoms with van der Waals surface area (Å²) < 4.78 is 5.48. The van der Waals surface area contributed by atoms with E-state index in [4.69, 9.17) is 9.84 Å². The smallest absolute Gasteiger partial charge is 0.306 e. The van der Waals surface area contributed by atoms with Crippen LogP contribution in [0.2, 0.25) is 0 Å². The fourth-order valence-electron chi connectivity index (χ4n) is 6.12. The lowest BCUT2D eigenvalue weighted by Gasteiger charge is -2.10. The molecule has 0 aliphatic heterocycles. The Morgan fingerprint density at radius 3 is 1.00 bits per heavy atom. The van der Waals surface area contributed by atoms with E-state index < -0.39 is 5.97 Å². The van der Waals surface area contributed by atoms with Crippen molar-refractivity contribution in [3.63, 3.8) is 0 Å². The van der Waals surface area contributed by atoms with E-state index in [1.54, 1.807) is 6.92 Å². The van der Waals surface area contributed by atoms with Crippen LogP contribution in [0.1, 0.15) is 245 Å². The van der Waals surface area contributed by atoms with Gasteiger partial charge in [0.2, 0.25) is 0 Å². The first kappa shape index (κ1) is 48.4. The van der Waals surface area contributed by atoms with Gasteiger partial charge in [-0.2, -0.15) is 12.6 Å². The third-order valence-corrected chi connectivity index (χ3v) is 9.80. The summed E-state index contributed by atoms with van der Waals surface area (Å²) in [4.78, 5) is 21.5. The van der Waals surface area contributed by atoms with Crippen molar-refractivity contribution in [2.24, 2.45) is 0 Å². The minimum Gasteiger partial charge on any atom is -0.481 e. The van der Waals surface area contributed by atoms with Crippen LogP contribution in [0.5, 0.6) is 0 Å². The summed E-state index contributed by atoms with van der Waals surface area (Å²) in [6, 6.07) is 0. The maximum Gasteiger partial charge on any atom is 0.306 e. The number of thiol groups is 1. The third kappa shape index (κ3) is 47.5. The Balaban J connectivity index is 0. The molecule has 0 heterocycles. The molecule has 282 valence electrons. The molecular formula is C42H84O4S. The van der Waals surface area contributed by atoms with Crippen LogP contribution in [0.3, 0.4) is 0 Å². The number of aliphatic carboxylic acids is 1. The molecule has 0 aromatic rings. The molecule has 1 atom stereocenters.